The fourth-order valence-corrected chi connectivity index (χ4v) is 2.37. The molecule has 1 unspecified atom stereocenters. The summed E-state index contributed by atoms with van der Waals surface area (Å²) in [6, 6.07) is 7.58. The molecular weight excluding hydrogens is 246 g/mol. The van der Waals surface area contributed by atoms with E-state index in [1.165, 1.54) is 4.90 Å². The van der Waals surface area contributed by atoms with Crippen LogP contribution >= 0.6 is 0 Å². The standard InChI is InChI=1S/C14H17NO4/c1-3-10-6-4-5-7-11(10)15-9-14(2,8-12(16)17)19-13(15)18/h4-7H,3,8-9H2,1-2H3,(H,16,17). The first-order chi connectivity index (χ1) is 8.95. The van der Waals surface area contributed by atoms with Crippen molar-refractivity contribution in [1.29, 1.82) is 0 Å². The molecule has 1 heterocycles. The molecule has 1 aliphatic heterocycles. The van der Waals surface area contributed by atoms with Crippen LogP contribution in [0, 0.1) is 0 Å². The van der Waals surface area contributed by atoms with Gasteiger partial charge in [-0.1, -0.05) is 25.1 Å². The van der Waals surface area contributed by atoms with Crippen LogP contribution < -0.4 is 4.90 Å². The molecule has 1 saturated heterocycles. The Labute approximate surface area is 111 Å². The molecular formula is C14H17NO4. The number of carboxylic acid groups (broad SMARTS) is 1. The van der Waals surface area contributed by atoms with E-state index in [4.69, 9.17) is 9.84 Å². The Morgan fingerprint density at radius 2 is 2.16 bits per heavy atom. The van der Waals surface area contributed by atoms with Crippen LogP contribution in [0.1, 0.15) is 25.8 Å². The first kappa shape index (κ1) is 13.4. The number of nitrogens with zero attached hydrogens (tertiary/aromatic N) is 1. The van der Waals surface area contributed by atoms with Gasteiger partial charge in [-0.3, -0.25) is 9.69 Å². The average Bonchev–Trinajstić information content (AvgIpc) is 2.63. The quantitative estimate of drug-likeness (QED) is 0.906. The SMILES string of the molecule is CCc1ccccc1N1CC(C)(CC(=O)O)OC1=O. The van der Waals surface area contributed by atoms with E-state index in [0.29, 0.717) is 0 Å². The number of rotatable bonds is 4. The lowest BCUT2D eigenvalue weighted by molar-refractivity contribution is -0.140. The molecule has 5 heteroatoms. The summed E-state index contributed by atoms with van der Waals surface area (Å²) >= 11 is 0. The van der Waals surface area contributed by atoms with Crippen molar-refractivity contribution in [2.24, 2.45) is 0 Å². The number of hydrogen-bond donors (Lipinski definition) is 1. The van der Waals surface area contributed by atoms with Crippen molar-refractivity contribution < 1.29 is 19.4 Å². The molecule has 1 atom stereocenters. The van der Waals surface area contributed by atoms with Crippen LogP contribution in [-0.4, -0.2) is 29.3 Å². The Hall–Kier alpha value is -2.04. The zero-order valence-electron chi connectivity index (χ0n) is 11.0. The molecule has 0 aliphatic carbocycles. The fourth-order valence-electron chi connectivity index (χ4n) is 2.37. The van der Waals surface area contributed by atoms with Gasteiger partial charge >= 0.3 is 12.1 Å². The minimum Gasteiger partial charge on any atom is -0.481 e. The molecule has 0 aromatic heterocycles. The van der Waals surface area contributed by atoms with Crippen molar-refractivity contribution in [3.05, 3.63) is 29.8 Å². The number of aryl methyl sites for hydroxylation is 1. The first-order valence-electron chi connectivity index (χ1n) is 6.25. The molecule has 2 rings (SSSR count). The van der Waals surface area contributed by atoms with Crippen molar-refractivity contribution in [1.82, 2.24) is 0 Å². The largest absolute Gasteiger partial charge is 0.481 e. The number of ether oxygens (including phenoxy) is 1. The normalized spacial score (nSPS) is 22.4. The lowest BCUT2D eigenvalue weighted by Gasteiger charge is -2.20. The Kier molecular flexibility index (Phi) is 3.46. The molecule has 1 aromatic rings. The van der Waals surface area contributed by atoms with E-state index in [1.54, 1.807) is 6.92 Å². The van der Waals surface area contributed by atoms with Gasteiger partial charge in [-0.05, 0) is 25.0 Å². The average molecular weight is 263 g/mol. The number of amides is 1. The van der Waals surface area contributed by atoms with E-state index in [9.17, 15) is 9.59 Å². The molecule has 0 radical (unpaired) electrons. The Balaban J connectivity index is 2.27. The summed E-state index contributed by atoms with van der Waals surface area (Å²) in [5, 5.41) is 8.87. The Bertz CT molecular complexity index is 514. The highest BCUT2D eigenvalue weighted by Gasteiger charge is 2.44. The first-order valence-corrected chi connectivity index (χ1v) is 6.25. The fraction of sp³-hybridized carbons (Fsp3) is 0.429. The molecule has 0 bridgehead atoms. The van der Waals surface area contributed by atoms with Crippen LogP contribution in [0.5, 0.6) is 0 Å². The van der Waals surface area contributed by atoms with Crippen LogP contribution in [0.3, 0.4) is 0 Å². The van der Waals surface area contributed by atoms with Gasteiger partial charge < -0.3 is 9.84 Å². The molecule has 0 saturated carbocycles. The summed E-state index contributed by atoms with van der Waals surface area (Å²) in [6.07, 6.45) is 0.128. The number of cyclic esters (lactones) is 1. The van der Waals surface area contributed by atoms with Crippen LogP contribution in [0.15, 0.2) is 24.3 Å². The molecule has 5 nitrogen and oxygen atoms in total. The molecule has 102 valence electrons. The highest BCUT2D eigenvalue weighted by atomic mass is 16.6. The summed E-state index contributed by atoms with van der Waals surface area (Å²) in [7, 11) is 0. The number of carbonyl (C=O) groups excluding carboxylic acids is 1. The minimum absolute atomic E-state index is 0.191. The van der Waals surface area contributed by atoms with Crippen LogP contribution in [-0.2, 0) is 16.0 Å². The van der Waals surface area contributed by atoms with Gasteiger partial charge in [0.05, 0.1) is 18.7 Å². The lowest BCUT2D eigenvalue weighted by Crippen LogP contribution is -2.34. The number of para-hydroxylation sites is 1. The van der Waals surface area contributed by atoms with Crippen molar-refractivity contribution in [3.63, 3.8) is 0 Å². The molecule has 1 amide bonds. The summed E-state index contributed by atoms with van der Waals surface area (Å²) in [5.74, 6) is -0.971. The van der Waals surface area contributed by atoms with Gasteiger partial charge in [-0.25, -0.2) is 4.79 Å². The molecule has 1 N–H and O–H groups in total. The number of carboxylic acids is 1. The van der Waals surface area contributed by atoms with Crippen molar-refractivity contribution in [2.75, 3.05) is 11.4 Å². The van der Waals surface area contributed by atoms with E-state index in [2.05, 4.69) is 0 Å². The number of carbonyl (C=O) groups is 2. The Morgan fingerprint density at radius 1 is 1.47 bits per heavy atom. The summed E-state index contributed by atoms with van der Waals surface area (Å²) in [5.41, 5.74) is 0.868. The maximum Gasteiger partial charge on any atom is 0.415 e. The van der Waals surface area contributed by atoms with Crippen LogP contribution in [0.25, 0.3) is 0 Å². The van der Waals surface area contributed by atoms with Crippen LogP contribution in [0.4, 0.5) is 10.5 Å². The second-order valence-electron chi connectivity index (χ2n) is 4.96. The smallest absolute Gasteiger partial charge is 0.415 e. The van der Waals surface area contributed by atoms with Gasteiger partial charge in [-0.15, -0.1) is 0 Å². The summed E-state index contributed by atoms with van der Waals surface area (Å²) in [6.45, 7) is 3.92. The molecule has 1 aliphatic rings. The van der Waals surface area contributed by atoms with Gasteiger partial charge in [0.15, 0.2) is 0 Å². The van der Waals surface area contributed by atoms with E-state index in [1.807, 2.05) is 31.2 Å². The third-order valence-electron chi connectivity index (χ3n) is 3.24. The number of benzene rings is 1. The second-order valence-corrected chi connectivity index (χ2v) is 4.96. The van der Waals surface area contributed by atoms with E-state index < -0.39 is 17.7 Å². The van der Waals surface area contributed by atoms with Crippen molar-refractivity contribution in [3.8, 4) is 0 Å². The number of anilines is 1. The number of hydrogen-bond acceptors (Lipinski definition) is 3. The van der Waals surface area contributed by atoms with E-state index >= 15 is 0 Å². The third kappa shape index (κ3) is 2.70. The van der Waals surface area contributed by atoms with Crippen molar-refractivity contribution in [2.45, 2.75) is 32.3 Å². The van der Waals surface area contributed by atoms with Gasteiger partial charge in [-0.2, -0.15) is 0 Å². The predicted octanol–water partition coefficient (Wildman–Crippen LogP) is 2.44. The Morgan fingerprint density at radius 3 is 2.79 bits per heavy atom. The van der Waals surface area contributed by atoms with Gasteiger partial charge in [0, 0.05) is 0 Å². The highest BCUT2D eigenvalue weighted by Crippen LogP contribution is 2.32. The maximum absolute atomic E-state index is 12.0. The van der Waals surface area contributed by atoms with E-state index in [-0.39, 0.29) is 13.0 Å². The summed E-state index contributed by atoms with van der Waals surface area (Å²) in [4.78, 5) is 24.3. The molecule has 1 fully saturated rings. The monoisotopic (exact) mass is 263 g/mol. The predicted molar refractivity (Wildman–Crippen MR) is 70.3 cm³/mol. The second kappa shape index (κ2) is 4.91. The minimum atomic E-state index is -0.971. The zero-order valence-corrected chi connectivity index (χ0v) is 11.0. The van der Waals surface area contributed by atoms with Crippen molar-refractivity contribution >= 4 is 17.7 Å². The van der Waals surface area contributed by atoms with Crippen LogP contribution in [0.2, 0.25) is 0 Å². The van der Waals surface area contributed by atoms with Gasteiger partial charge in [0.1, 0.15) is 5.60 Å². The molecule has 0 spiro atoms. The third-order valence-corrected chi connectivity index (χ3v) is 3.24. The van der Waals surface area contributed by atoms with Gasteiger partial charge in [0.2, 0.25) is 0 Å². The lowest BCUT2D eigenvalue weighted by atomic mass is 10.0. The van der Waals surface area contributed by atoms with E-state index in [0.717, 1.165) is 17.7 Å². The number of aliphatic carboxylic acids is 1. The summed E-state index contributed by atoms with van der Waals surface area (Å²) < 4.78 is 5.23. The molecule has 19 heavy (non-hydrogen) atoms. The maximum atomic E-state index is 12.0. The molecule has 1 aromatic carbocycles. The zero-order chi connectivity index (χ0) is 14.0. The topological polar surface area (TPSA) is 66.8 Å². The van der Waals surface area contributed by atoms with Gasteiger partial charge in [0.25, 0.3) is 0 Å². The highest BCUT2D eigenvalue weighted by molar-refractivity contribution is 5.91.